The summed E-state index contributed by atoms with van der Waals surface area (Å²) in [6, 6.07) is 4.26. The van der Waals surface area contributed by atoms with E-state index in [1.54, 1.807) is 7.05 Å². The van der Waals surface area contributed by atoms with Gasteiger partial charge in [0.05, 0.1) is 18.0 Å². The summed E-state index contributed by atoms with van der Waals surface area (Å²) in [6.45, 7) is 0.0322. The quantitative estimate of drug-likeness (QED) is 0.576. The summed E-state index contributed by atoms with van der Waals surface area (Å²) in [5.41, 5.74) is -0.208. The Labute approximate surface area is 137 Å². The minimum atomic E-state index is -0.617. The van der Waals surface area contributed by atoms with Crippen LogP contribution in [0.2, 0.25) is 5.02 Å². The number of hydrogen-bond donors (Lipinski definition) is 2. The van der Waals surface area contributed by atoms with E-state index in [1.165, 1.54) is 23.1 Å². The van der Waals surface area contributed by atoms with Crippen molar-refractivity contribution in [1.29, 1.82) is 0 Å². The summed E-state index contributed by atoms with van der Waals surface area (Å²) in [4.78, 5) is 35.5. The molecule has 1 aliphatic rings. The molecule has 2 amide bonds. The molecule has 9 heteroatoms. The van der Waals surface area contributed by atoms with E-state index in [1.807, 2.05) is 0 Å². The molecule has 0 atom stereocenters. The molecule has 0 unspecified atom stereocenters. The lowest BCUT2D eigenvalue weighted by molar-refractivity contribution is -0.383. The molecular formula is C14H17ClN4O4. The van der Waals surface area contributed by atoms with Crippen LogP contribution in [0.3, 0.4) is 0 Å². The lowest BCUT2D eigenvalue weighted by Crippen LogP contribution is -2.39. The summed E-state index contributed by atoms with van der Waals surface area (Å²) < 4.78 is 0. The van der Waals surface area contributed by atoms with Crippen LogP contribution in [0, 0.1) is 10.1 Å². The molecule has 8 nitrogen and oxygen atoms in total. The number of carbonyl (C=O) groups is 2. The van der Waals surface area contributed by atoms with E-state index in [2.05, 4.69) is 10.6 Å². The Hall–Kier alpha value is -2.19. The highest BCUT2D eigenvalue weighted by Crippen LogP contribution is 2.27. The minimum Gasteiger partial charge on any atom is -0.352 e. The van der Waals surface area contributed by atoms with Crippen molar-refractivity contribution >= 4 is 34.8 Å². The molecule has 2 N–H and O–H groups in total. The molecule has 1 aromatic carbocycles. The highest BCUT2D eigenvalue weighted by molar-refractivity contribution is 6.31. The summed E-state index contributed by atoms with van der Waals surface area (Å²) in [6.07, 6.45) is 1.99. The fourth-order valence-corrected chi connectivity index (χ4v) is 2.16. The van der Waals surface area contributed by atoms with E-state index in [9.17, 15) is 19.7 Å². The second kappa shape index (κ2) is 7.38. The second-order valence-corrected chi connectivity index (χ2v) is 5.92. The van der Waals surface area contributed by atoms with Crippen LogP contribution in [0.4, 0.5) is 11.4 Å². The molecule has 0 aliphatic heterocycles. The molecule has 0 saturated heterocycles. The van der Waals surface area contributed by atoms with Crippen molar-refractivity contribution in [3.05, 3.63) is 33.3 Å². The SMILES string of the molecule is CN(CC(=O)Nc1ccc(Cl)cc1[N+](=O)[O-])CC(=O)NC1CC1. The van der Waals surface area contributed by atoms with Crippen LogP contribution in [0.25, 0.3) is 0 Å². The third-order valence-corrected chi connectivity index (χ3v) is 3.44. The van der Waals surface area contributed by atoms with Gasteiger partial charge in [-0.3, -0.25) is 24.6 Å². The Morgan fingerprint density at radius 1 is 1.35 bits per heavy atom. The minimum absolute atomic E-state index is 0.0577. The van der Waals surface area contributed by atoms with Gasteiger partial charge in [-0.2, -0.15) is 0 Å². The Kier molecular flexibility index (Phi) is 5.51. The third-order valence-electron chi connectivity index (χ3n) is 3.20. The van der Waals surface area contributed by atoms with E-state index < -0.39 is 10.8 Å². The number of rotatable bonds is 7. The number of nitro groups is 1. The number of hydrogen-bond acceptors (Lipinski definition) is 5. The first-order chi connectivity index (χ1) is 10.8. The Balaban J connectivity index is 1.88. The van der Waals surface area contributed by atoms with Gasteiger partial charge in [0.1, 0.15) is 5.69 Å². The summed E-state index contributed by atoms with van der Waals surface area (Å²) in [5.74, 6) is -0.586. The first-order valence-corrected chi connectivity index (χ1v) is 7.44. The average Bonchev–Trinajstić information content (AvgIpc) is 3.23. The zero-order valence-electron chi connectivity index (χ0n) is 12.5. The molecule has 23 heavy (non-hydrogen) atoms. The second-order valence-electron chi connectivity index (χ2n) is 5.48. The zero-order chi connectivity index (χ0) is 17.0. The van der Waals surface area contributed by atoms with E-state index in [0.717, 1.165) is 12.8 Å². The molecule has 1 saturated carbocycles. The predicted molar refractivity (Wildman–Crippen MR) is 85.4 cm³/mol. The largest absolute Gasteiger partial charge is 0.352 e. The normalized spacial score (nSPS) is 13.7. The van der Waals surface area contributed by atoms with Crippen LogP contribution >= 0.6 is 11.6 Å². The lowest BCUT2D eigenvalue weighted by atomic mass is 10.2. The van der Waals surface area contributed by atoms with Gasteiger partial charge in [0.25, 0.3) is 5.69 Å². The summed E-state index contributed by atoms with van der Waals surface area (Å²) >= 11 is 5.72. The van der Waals surface area contributed by atoms with Gasteiger partial charge in [-0.25, -0.2) is 0 Å². The van der Waals surface area contributed by atoms with Crippen molar-refractivity contribution < 1.29 is 14.5 Å². The van der Waals surface area contributed by atoms with Gasteiger partial charge in [0.2, 0.25) is 11.8 Å². The third kappa shape index (κ3) is 5.50. The number of nitrogens with one attached hydrogen (secondary N) is 2. The first kappa shape index (κ1) is 17.2. The lowest BCUT2D eigenvalue weighted by Gasteiger charge is -2.16. The number of carbonyl (C=O) groups excluding carboxylic acids is 2. The number of halogens is 1. The highest BCUT2D eigenvalue weighted by atomic mass is 35.5. The maximum Gasteiger partial charge on any atom is 0.294 e. The van der Waals surface area contributed by atoms with Crippen molar-refractivity contribution in [3.63, 3.8) is 0 Å². The van der Waals surface area contributed by atoms with E-state index in [-0.39, 0.29) is 41.4 Å². The fourth-order valence-electron chi connectivity index (χ4n) is 2.00. The van der Waals surface area contributed by atoms with Gasteiger partial charge >= 0.3 is 0 Å². The maximum atomic E-state index is 12.0. The van der Waals surface area contributed by atoms with Gasteiger partial charge in [-0.15, -0.1) is 0 Å². The summed E-state index contributed by atoms with van der Waals surface area (Å²) in [5, 5.41) is 16.5. The molecule has 124 valence electrons. The Morgan fingerprint density at radius 3 is 2.61 bits per heavy atom. The highest BCUT2D eigenvalue weighted by Gasteiger charge is 2.24. The number of anilines is 1. The van der Waals surface area contributed by atoms with Gasteiger partial charge in [0.15, 0.2) is 0 Å². The van der Waals surface area contributed by atoms with Gasteiger partial charge in [0, 0.05) is 17.1 Å². The van der Waals surface area contributed by atoms with Crippen LogP contribution in [-0.2, 0) is 9.59 Å². The van der Waals surface area contributed by atoms with Crippen molar-refractivity contribution in [1.82, 2.24) is 10.2 Å². The number of likely N-dealkylation sites (N-methyl/N-ethyl adjacent to an activating group) is 1. The van der Waals surface area contributed by atoms with E-state index >= 15 is 0 Å². The predicted octanol–water partition coefficient (Wildman–Crippen LogP) is 1.40. The Bertz CT molecular complexity index is 633. The maximum absolute atomic E-state index is 12.0. The Morgan fingerprint density at radius 2 is 2.00 bits per heavy atom. The fraction of sp³-hybridized carbons (Fsp3) is 0.429. The van der Waals surface area contributed by atoms with Crippen molar-refractivity contribution in [2.24, 2.45) is 0 Å². The van der Waals surface area contributed by atoms with Crippen LogP contribution in [0.5, 0.6) is 0 Å². The molecule has 0 radical (unpaired) electrons. The number of amides is 2. The topological polar surface area (TPSA) is 105 Å². The van der Waals surface area contributed by atoms with Crippen LogP contribution in [0.1, 0.15) is 12.8 Å². The first-order valence-electron chi connectivity index (χ1n) is 7.07. The summed E-state index contributed by atoms with van der Waals surface area (Å²) in [7, 11) is 1.63. The molecule has 2 rings (SSSR count). The molecule has 1 aliphatic carbocycles. The number of nitrogens with zero attached hydrogens (tertiary/aromatic N) is 2. The van der Waals surface area contributed by atoms with Crippen LogP contribution in [0.15, 0.2) is 18.2 Å². The molecule has 1 aromatic rings. The standard InChI is InChI=1S/C14H17ClN4O4/c1-18(7-13(20)16-10-3-4-10)8-14(21)17-11-5-2-9(15)6-12(11)19(22)23/h2,5-6,10H,3-4,7-8H2,1H3,(H,16,20)(H,17,21). The van der Waals surface area contributed by atoms with Crippen molar-refractivity contribution in [2.75, 3.05) is 25.5 Å². The van der Waals surface area contributed by atoms with Gasteiger partial charge in [-0.05, 0) is 32.0 Å². The number of nitro benzene ring substituents is 1. The number of benzene rings is 1. The monoisotopic (exact) mass is 340 g/mol. The van der Waals surface area contributed by atoms with E-state index in [0.29, 0.717) is 0 Å². The van der Waals surface area contributed by atoms with Crippen LogP contribution in [-0.4, -0.2) is 47.8 Å². The average molecular weight is 341 g/mol. The molecular weight excluding hydrogens is 324 g/mol. The zero-order valence-corrected chi connectivity index (χ0v) is 13.3. The van der Waals surface area contributed by atoms with E-state index in [4.69, 9.17) is 11.6 Å². The van der Waals surface area contributed by atoms with Gasteiger partial charge < -0.3 is 10.6 Å². The van der Waals surface area contributed by atoms with Gasteiger partial charge in [-0.1, -0.05) is 11.6 Å². The molecule has 0 heterocycles. The van der Waals surface area contributed by atoms with Crippen LogP contribution < -0.4 is 10.6 Å². The molecule has 0 spiro atoms. The molecule has 0 aromatic heterocycles. The van der Waals surface area contributed by atoms with Crippen molar-refractivity contribution in [2.45, 2.75) is 18.9 Å². The smallest absolute Gasteiger partial charge is 0.294 e. The van der Waals surface area contributed by atoms with Crippen molar-refractivity contribution in [3.8, 4) is 0 Å². The molecule has 0 bridgehead atoms. The molecule has 1 fully saturated rings.